The van der Waals surface area contributed by atoms with Crippen LogP contribution in [-0.4, -0.2) is 0 Å². The summed E-state index contributed by atoms with van der Waals surface area (Å²) in [4.78, 5) is 0. The normalized spacial score (nSPS) is 10.8. The van der Waals surface area contributed by atoms with E-state index in [1.807, 2.05) is 48.5 Å². The molecule has 3 aromatic rings. The predicted octanol–water partition coefficient (Wildman–Crippen LogP) is 4.54. The molecule has 5 heteroatoms. The van der Waals surface area contributed by atoms with E-state index in [0.717, 1.165) is 45.2 Å². The Hall–Kier alpha value is -1.75. The highest BCUT2D eigenvalue weighted by Crippen LogP contribution is 2.25. The van der Waals surface area contributed by atoms with Crippen LogP contribution in [0.3, 0.4) is 0 Å². The van der Waals surface area contributed by atoms with Gasteiger partial charge in [0.25, 0.3) is 0 Å². The maximum Gasteiger partial charge on any atom is 0.157 e. The van der Waals surface area contributed by atoms with Crippen molar-refractivity contribution in [2.45, 2.75) is 19.7 Å². The summed E-state index contributed by atoms with van der Waals surface area (Å²) in [6.45, 7) is 2.05. The van der Waals surface area contributed by atoms with Crippen molar-refractivity contribution in [1.29, 1.82) is 0 Å². The smallest absolute Gasteiger partial charge is 0.157 e. The van der Waals surface area contributed by atoms with Gasteiger partial charge in [0, 0.05) is 20.6 Å². The first kappa shape index (κ1) is 17.1. The lowest BCUT2D eigenvalue weighted by molar-refractivity contribution is -0.688. The van der Waals surface area contributed by atoms with Gasteiger partial charge in [-0.2, -0.15) is 0 Å². The van der Waals surface area contributed by atoms with Crippen LogP contribution in [-0.2, 0) is 19.7 Å². The molecule has 0 spiro atoms. The molecule has 0 unspecified atom stereocenters. The summed E-state index contributed by atoms with van der Waals surface area (Å²) in [5.74, 6) is 1.83. The fraction of sp³-hybridized carbons (Fsp3) is 0.158. The number of hydrogen-bond donors (Lipinski definition) is 1. The molecule has 0 saturated heterocycles. The molecule has 3 rings (SSSR count). The fourth-order valence-corrected chi connectivity index (χ4v) is 3.02. The van der Waals surface area contributed by atoms with Gasteiger partial charge in [-0.15, -0.1) is 0 Å². The maximum absolute atomic E-state index is 6.19. The minimum Gasteiger partial charge on any atom is -0.488 e. The lowest BCUT2D eigenvalue weighted by atomic mass is 10.2. The molecule has 24 heavy (non-hydrogen) atoms. The Labute approximate surface area is 154 Å². The Morgan fingerprint density at radius 3 is 2.67 bits per heavy atom. The third-order valence-electron chi connectivity index (χ3n) is 3.65. The van der Waals surface area contributed by atoms with Crippen LogP contribution in [0.15, 0.2) is 69.8 Å². The molecule has 1 heterocycles. The highest BCUT2D eigenvalue weighted by Gasteiger charge is 2.09. The molecular weight excluding hydrogens is 390 g/mol. The van der Waals surface area contributed by atoms with Gasteiger partial charge < -0.3 is 14.5 Å². The summed E-state index contributed by atoms with van der Waals surface area (Å²) in [5.41, 5.74) is 2.11. The van der Waals surface area contributed by atoms with Crippen LogP contribution in [0.5, 0.6) is 5.75 Å². The first-order valence-electron chi connectivity index (χ1n) is 7.71. The number of quaternary nitrogens is 1. The van der Waals surface area contributed by atoms with Crippen LogP contribution < -0.4 is 10.1 Å². The second-order valence-electron chi connectivity index (χ2n) is 5.41. The quantitative estimate of drug-likeness (QED) is 0.624. The minimum absolute atomic E-state index is 0.451. The lowest BCUT2D eigenvalue weighted by Gasteiger charge is -2.12. The lowest BCUT2D eigenvalue weighted by Crippen LogP contribution is -2.80. The summed E-state index contributed by atoms with van der Waals surface area (Å²) in [5, 5.41) is 2.91. The average molecular weight is 408 g/mol. The number of benzene rings is 2. The molecule has 0 bridgehead atoms. The summed E-state index contributed by atoms with van der Waals surface area (Å²) in [6.07, 6.45) is 1.69. The van der Waals surface area contributed by atoms with Gasteiger partial charge >= 0.3 is 0 Å². The molecule has 0 aliphatic rings. The van der Waals surface area contributed by atoms with Crippen molar-refractivity contribution in [3.05, 3.63) is 87.2 Å². The van der Waals surface area contributed by atoms with Gasteiger partial charge in [0.1, 0.15) is 25.4 Å². The molecule has 124 valence electrons. The highest BCUT2D eigenvalue weighted by atomic mass is 79.9. The SMILES string of the molecule is Clc1ccccc1COc1ccc(Br)cc1C[NH2+]Cc1ccco1. The zero-order chi connectivity index (χ0) is 16.8. The van der Waals surface area contributed by atoms with Crippen LogP contribution in [0, 0.1) is 0 Å². The van der Waals surface area contributed by atoms with Gasteiger partial charge in [-0.1, -0.05) is 45.7 Å². The minimum atomic E-state index is 0.451. The molecule has 2 N–H and O–H groups in total. The third kappa shape index (κ3) is 4.63. The van der Waals surface area contributed by atoms with E-state index in [1.54, 1.807) is 6.26 Å². The number of halogens is 2. The van der Waals surface area contributed by atoms with Gasteiger partial charge in [0.05, 0.1) is 6.26 Å². The molecule has 1 aromatic heterocycles. The molecule has 3 nitrogen and oxygen atoms in total. The van der Waals surface area contributed by atoms with Crippen molar-refractivity contribution >= 4 is 27.5 Å². The van der Waals surface area contributed by atoms with Gasteiger partial charge in [-0.25, -0.2) is 0 Å². The van der Waals surface area contributed by atoms with E-state index in [9.17, 15) is 0 Å². The van der Waals surface area contributed by atoms with E-state index in [1.165, 1.54) is 0 Å². The number of ether oxygens (including phenoxy) is 1. The van der Waals surface area contributed by atoms with Crippen molar-refractivity contribution in [2.75, 3.05) is 0 Å². The highest BCUT2D eigenvalue weighted by molar-refractivity contribution is 9.10. The van der Waals surface area contributed by atoms with E-state index >= 15 is 0 Å². The Bertz CT molecular complexity index is 790. The molecule has 0 aliphatic heterocycles. The van der Waals surface area contributed by atoms with E-state index in [2.05, 4.69) is 27.3 Å². The fourth-order valence-electron chi connectivity index (χ4n) is 2.42. The second kappa shape index (κ2) is 8.38. The van der Waals surface area contributed by atoms with Gasteiger partial charge in [0.15, 0.2) is 5.76 Å². The standard InChI is InChI=1S/C19H17BrClNO2/c20-16-7-8-19(24-13-14-4-1-2-6-18(14)21)15(10-16)11-22-12-17-5-3-9-23-17/h1-10,22H,11-13H2/p+1. The average Bonchev–Trinajstić information content (AvgIpc) is 3.09. The number of nitrogens with two attached hydrogens (primary N) is 1. The Kier molecular flexibility index (Phi) is 5.96. The Morgan fingerprint density at radius 2 is 1.88 bits per heavy atom. The van der Waals surface area contributed by atoms with Crippen molar-refractivity contribution < 1.29 is 14.5 Å². The molecule has 2 aromatic carbocycles. The summed E-state index contributed by atoms with van der Waals surface area (Å²) in [7, 11) is 0. The first-order valence-corrected chi connectivity index (χ1v) is 8.88. The predicted molar refractivity (Wildman–Crippen MR) is 98.0 cm³/mol. The van der Waals surface area contributed by atoms with Crippen LogP contribution in [0.25, 0.3) is 0 Å². The number of rotatable bonds is 7. The van der Waals surface area contributed by atoms with Gasteiger partial charge in [-0.05, 0) is 36.4 Å². The second-order valence-corrected chi connectivity index (χ2v) is 6.73. The van der Waals surface area contributed by atoms with E-state index in [4.69, 9.17) is 20.8 Å². The monoisotopic (exact) mass is 406 g/mol. The van der Waals surface area contributed by atoms with Crippen LogP contribution in [0.2, 0.25) is 5.02 Å². The Morgan fingerprint density at radius 1 is 1.00 bits per heavy atom. The molecule has 0 saturated carbocycles. The Balaban J connectivity index is 1.65. The van der Waals surface area contributed by atoms with Gasteiger partial charge in [-0.3, -0.25) is 0 Å². The molecule has 0 amide bonds. The zero-order valence-electron chi connectivity index (χ0n) is 13.0. The van der Waals surface area contributed by atoms with Gasteiger partial charge in [0.2, 0.25) is 0 Å². The summed E-state index contributed by atoms with van der Waals surface area (Å²) in [6, 6.07) is 17.7. The van der Waals surface area contributed by atoms with Crippen molar-refractivity contribution in [2.24, 2.45) is 0 Å². The largest absolute Gasteiger partial charge is 0.488 e. The zero-order valence-corrected chi connectivity index (χ0v) is 15.4. The van der Waals surface area contributed by atoms with Crippen LogP contribution >= 0.6 is 27.5 Å². The van der Waals surface area contributed by atoms with Crippen molar-refractivity contribution in [3.8, 4) is 5.75 Å². The van der Waals surface area contributed by atoms with Crippen molar-refractivity contribution in [1.82, 2.24) is 0 Å². The molecule has 0 fully saturated rings. The molecular formula is C19H18BrClNO2+. The molecule has 0 radical (unpaired) electrons. The van der Waals surface area contributed by atoms with Crippen LogP contribution in [0.1, 0.15) is 16.9 Å². The van der Waals surface area contributed by atoms with Crippen LogP contribution in [0.4, 0.5) is 0 Å². The topological polar surface area (TPSA) is 39.0 Å². The molecule has 0 atom stereocenters. The number of hydrogen-bond acceptors (Lipinski definition) is 2. The van der Waals surface area contributed by atoms with E-state index in [-0.39, 0.29) is 0 Å². The first-order chi connectivity index (χ1) is 11.7. The maximum atomic E-state index is 6.19. The van der Waals surface area contributed by atoms with E-state index < -0.39 is 0 Å². The summed E-state index contributed by atoms with van der Waals surface area (Å²) < 4.78 is 12.4. The summed E-state index contributed by atoms with van der Waals surface area (Å²) >= 11 is 9.72. The van der Waals surface area contributed by atoms with E-state index in [0.29, 0.717) is 6.61 Å². The van der Waals surface area contributed by atoms with Crippen molar-refractivity contribution in [3.63, 3.8) is 0 Å². The number of furan rings is 1. The third-order valence-corrected chi connectivity index (χ3v) is 4.52. The molecule has 0 aliphatic carbocycles.